The molecule has 25 heavy (non-hydrogen) atoms. The highest BCUT2D eigenvalue weighted by atomic mass is 16.5. The number of rotatable bonds is 5. The van der Waals surface area contributed by atoms with Crippen molar-refractivity contribution in [2.75, 3.05) is 14.2 Å². The highest BCUT2D eigenvalue weighted by Gasteiger charge is 2.25. The predicted molar refractivity (Wildman–Crippen MR) is 89.7 cm³/mol. The number of H-pyrrole nitrogens is 1. The fourth-order valence-corrected chi connectivity index (χ4v) is 2.62. The Morgan fingerprint density at radius 2 is 1.80 bits per heavy atom. The van der Waals surface area contributed by atoms with Crippen LogP contribution >= 0.6 is 0 Å². The average Bonchev–Trinajstić information content (AvgIpc) is 2.59. The highest BCUT2D eigenvalue weighted by molar-refractivity contribution is 5.89. The van der Waals surface area contributed by atoms with Crippen LogP contribution in [0.2, 0.25) is 0 Å². The van der Waals surface area contributed by atoms with Gasteiger partial charge in [-0.3, -0.25) is 9.59 Å². The fourth-order valence-electron chi connectivity index (χ4n) is 2.62. The van der Waals surface area contributed by atoms with Crippen LogP contribution in [0.25, 0.3) is 0 Å². The van der Waals surface area contributed by atoms with Gasteiger partial charge >= 0.3 is 11.9 Å². The van der Waals surface area contributed by atoms with Gasteiger partial charge in [0.2, 0.25) is 0 Å². The van der Waals surface area contributed by atoms with Crippen molar-refractivity contribution < 1.29 is 24.2 Å². The number of aromatic amines is 1. The molecule has 0 spiro atoms. The maximum atomic E-state index is 12.3. The van der Waals surface area contributed by atoms with E-state index in [4.69, 9.17) is 4.74 Å². The molecule has 0 saturated carbocycles. The van der Waals surface area contributed by atoms with Gasteiger partial charge in [-0.05, 0) is 30.7 Å². The summed E-state index contributed by atoms with van der Waals surface area (Å²) in [6.45, 7) is 1.64. The molecule has 7 nitrogen and oxygen atoms in total. The molecule has 0 saturated heterocycles. The normalized spacial score (nSPS) is 11.6. The minimum atomic E-state index is -0.719. The van der Waals surface area contributed by atoms with Gasteiger partial charge in [0.1, 0.15) is 5.75 Å². The second-order valence-corrected chi connectivity index (χ2v) is 5.53. The molecule has 0 amide bonds. The quantitative estimate of drug-likeness (QED) is 0.802. The zero-order valence-electron chi connectivity index (χ0n) is 14.2. The zero-order valence-corrected chi connectivity index (χ0v) is 14.2. The number of benzene rings is 1. The first-order chi connectivity index (χ1) is 11.9. The first-order valence-corrected chi connectivity index (χ1v) is 7.55. The number of methoxy groups -OCH3 is 2. The van der Waals surface area contributed by atoms with Gasteiger partial charge in [0, 0.05) is 11.6 Å². The highest BCUT2D eigenvalue weighted by Crippen LogP contribution is 2.32. The van der Waals surface area contributed by atoms with E-state index in [0.717, 1.165) is 0 Å². The summed E-state index contributed by atoms with van der Waals surface area (Å²) >= 11 is 0. The summed E-state index contributed by atoms with van der Waals surface area (Å²) in [6.07, 6.45) is -0.131. The number of hydrogen-bond acceptors (Lipinski definition) is 6. The Morgan fingerprint density at radius 3 is 2.32 bits per heavy atom. The van der Waals surface area contributed by atoms with Gasteiger partial charge in [0.15, 0.2) is 0 Å². The Labute approximate surface area is 144 Å². The van der Waals surface area contributed by atoms with Crippen molar-refractivity contribution in [2.45, 2.75) is 19.3 Å². The second-order valence-electron chi connectivity index (χ2n) is 5.53. The number of aromatic nitrogens is 1. The Hall–Kier alpha value is -3.09. The van der Waals surface area contributed by atoms with Crippen molar-refractivity contribution in [3.63, 3.8) is 0 Å². The van der Waals surface area contributed by atoms with E-state index in [1.54, 1.807) is 19.1 Å². The molecule has 2 N–H and O–H groups in total. The lowest BCUT2D eigenvalue weighted by Crippen LogP contribution is -2.21. The number of nitrogens with one attached hydrogen (secondary N) is 1. The summed E-state index contributed by atoms with van der Waals surface area (Å²) in [7, 11) is 2.53. The van der Waals surface area contributed by atoms with Crippen LogP contribution in [0, 0.1) is 6.92 Å². The van der Waals surface area contributed by atoms with Gasteiger partial charge in [-0.2, -0.15) is 0 Å². The van der Waals surface area contributed by atoms with Crippen LogP contribution < -0.4 is 5.56 Å². The molecule has 0 aliphatic heterocycles. The van der Waals surface area contributed by atoms with Crippen LogP contribution in [0.15, 0.2) is 35.1 Å². The standard InChI is InChI=1S/C18H19NO6/c1-10-8-14(20)16(17(22)19-10)13(9-15(21)24-2)11-4-6-12(7-5-11)18(23)25-3/h4-8,13H,9H2,1-3H3,(H2,19,20,22). The third-order valence-electron chi connectivity index (χ3n) is 3.87. The van der Waals surface area contributed by atoms with E-state index in [2.05, 4.69) is 9.72 Å². The van der Waals surface area contributed by atoms with Crippen molar-refractivity contribution in [1.82, 2.24) is 4.98 Å². The number of hydrogen-bond donors (Lipinski definition) is 2. The largest absolute Gasteiger partial charge is 0.507 e. The van der Waals surface area contributed by atoms with Crippen molar-refractivity contribution in [1.29, 1.82) is 0 Å². The van der Waals surface area contributed by atoms with Crippen molar-refractivity contribution in [3.8, 4) is 5.75 Å². The number of esters is 2. The molecule has 1 aromatic heterocycles. The van der Waals surface area contributed by atoms with E-state index in [9.17, 15) is 19.5 Å². The molecular formula is C18H19NO6. The first kappa shape index (κ1) is 18.3. The Bertz CT molecular complexity index is 838. The van der Waals surface area contributed by atoms with E-state index < -0.39 is 23.4 Å². The number of aryl methyl sites for hydroxylation is 1. The summed E-state index contributed by atoms with van der Waals surface area (Å²) in [4.78, 5) is 38.3. The van der Waals surface area contributed by atoms with Crippen molar-refractivity contribution in [2.24, 2.45) is 0 Å². The molecule has 1 aromatic carbocycles. The summed E-state index contributed by atoms with van der Waals surface area (Å²) < 4.78 is 9.35. The van der Waals surface area contributed by atoms with Crippen LogP contribution in [0.3, 0.4) is 0 Å². The molecular weight excluding hydrogens is 326 g/mol. The maximum Gasteiger partial charge on any atom is 0.337 e. The Kier molecular flexibility index (Phi) is 5.59. The van der Waals surface area contributed by atoms with E-state index in [1.165, 1.54) is 32.4 Å². The summed E-state index contributed by atoms with van der Waals surface area (Å²) in [5.74, 6) is -1.94. The third-order valence-corrected chi connectivity index (χ3v) is 3.87. The van der Waals surface area contributed by atoms with Crippen LogP contribution in [0.5, 0.6) is 5.75 Å². The van der Waals surface area contributed by atoms with Gasteiger partial charge in [0.25, 0.3) is 5.56 Å². The summed E-state index contributed by atoms with van der Waals surface area (Å²) in [5, 5.41) is 10.2. The van der Waals surface area contributed by atoms with E-state index >= 15 is 0 Å². The molecule has 2 rings (SSSR count). The van der Waals surface area contributed by atoms with Crippen LogP contribution in [-0.2, 0) is 14.3 Å². The van der Waals surface area contributed by atoms with Crippen molar-refractivity contribution in [3.05, 3.63) is 63.1 Å². The minimum absolute atomic E-state index is 0.0711. The maximum absolute atomic E-state index is 12.3. The number of aromatic hydroxyl groups is 1. The molecule has 7 heteroatoms. The van der Waals surface area contributed by atoms with Crippen LogP contribution in [0.4, 0.5) is 0 Å². The Morgan fingerprint density at radius 1 is 1.16 bits per heavy atom. The Balaban J connectivity index is 2.52. The number of carbonyl (C=O) groups is 2. The van der Waals surface area contributed by atoms with Gasteiger partial charge in [-0.15, -0.1) is 0 Å². The smallest absolute Gasteiger partial charge is 0.337 e. The molecule has 1 unspecified atom stereocenters. The molecule has 1 heterocycles. The third kappa shape index (κ3) is 4.06. The second kappa shape index (κ2) is 7.65. The lowest BCUT2D eigenvalue weighted by Gasteiger charge is -2.18. The lowest BCUT2D eigenvalue weighted by atomic mass is 9.88. The lowest BCUT2D eigenvalue weighted by molar-refractivity contribution is -0.140. The van der Waals surface area contributed by atoms with Crippen molar-refractivity contribution >= 4 is 11.9 Å². The van der Waals surface area contributed by atoms with Gasteiger partial charge in [-0.1, -0.05) is 12.1 Å². The molecule has 0 aliphatic rings. The van der Waals surface area contributed by atoms with Crippen LogP contribution in [-0.4, -0.2) is 36.2 Å². The summed E-state index contributed by atoms with van der Waals surface area (Å²) in [5.41, 5.74) is 1.02. The van der Waals surface area contributed by atoms with E-state index in [0.29, 0.717) is 16.8 Å². The monoisotopic (exact) mass is 345 g/mol. The SMILES string of the molecule is COC(=O)CC(c1ccc(C(=O)OC)cc1)c1c(O)cc(C)[nH]c1=O. The fraction of sp³-hybridized carbons (Fsp3) is 0.278. The first-order valence-electron chi connectivity index (χ1n) is 7.55. The summed E-state index contributed by atoms with van der Waals surface area (Å²) in [6, 6.07) is 7.71. The minimum Gasteiger partial charge on any atom is -0.507 e. The van der Waals surface area contributed by atoms with Gasteiger partial charge in [-0.25, -0.2) is 4.79 Å². The van der Waals surface area contributed by atoms with Gasteiger partial charge < -0.3 is 19.6 Å². The average molecular weight is 345 g/mol. The topological polar surface area (TPSA) is 106 Å². The molecule has 0 radical (unpaired) electrons. The van der Waals surface area contributed by atoms with Crippen LogP contribution in [0.1, 0.15) is 39.5 Å². The van der Waals surface area contributed by atoms with E-state index in [-0.39, 0.29) is 17.7 Å². The number of carbonyl (C=O) groups excluding carboxylic acids is 2. The number of pyridine rings is 1. The van der Waals surface area contributed by atoms with E-state index in [1.807, 2.05) is 0 Å². The van der Waals surface area contributed by atoms with Gasteiger partial charge in [0.05, 0.1) is 31.8 Å². The molecule has 1 atom stereocenters. The molecule has 0 bridgehead atoms. The molecule has 0 fully saturated rings. The molecule has 132 valence electrons. The number of ether oxygens (including phenoxy) is 2. The molecule has 2 aromatic rings. The molecule has 0 aliphatic carbocycles. The zero-order chi connectivity index (χ0) is 18.6. The predicted octanol–water partition coefficient (Wildman–Crippen LogP) is 1.87.